The average Bonchev–Trinajstić information content (AvgIpc) is 3.30. The first-order valence-electron chi connectivity index (χ1n) is 7.00. The summed E-state index contributed by atoms with van der Waals surface area (Å²) in [4.78, 5) is 7.78. The Bertz CT molecular complexity index is 691. The molecule has 0 radical (unpaired) electrons. The van der Waals surface area contributed by atoms with Crippen LogP contribution >= 0.6 is 0 Å². The third-order valence-electron chi connectivity index (χ3n) is 3.13. The first-order chi connectivity index (χ1) is 10.9. The van der Waals surface area contributed by atoms with E-state index in [1.54, 1.807) is 25.0 Å². The van der Waals surface area contributed by atoms with Crippen LogP contribution in [0.2, 0.25) is 0 Å². The zero-order valence-electron chi connectivity index (χ0n) is 12.0. The molecule has 0 aliphatic carbocycles. The van der Waals surface area contributed by atoms with E-state index in [1.807, 2.05) is 33.9 Å². The molecule has 4 heteroatoms. The summed E-state index contributed by atoms with van der Waals surface area (Å²) < 4.78 is 3.65. The lowest BCUT2D eigenvalue weighted by Gasteiger charge is -1.98. The Morgan fingerprint density at radius 1 is 0.545 bits per heavy atom. The van der Waals surface area contributed by atoms with Crippen molar-refractivity contribution in [3.8, 4) is 11.1 Å². The van der Waals surface area contributed by atoms with Gasteiger partial charge in [-0.15, -0.1) is 0 Å². The number of rotatable bonds is 2. The zero-order chi connectivity index (χ0) is 15.0. The summed E-state index contributed by atoms with van der Waals surface area (Å²) in [7, 11) is 0. The molecular weight excluding hydrogens is 272 g/mol. The number of benzene rings is 2. The van der Waals surface area contributed by atoms with Gasteiger partial charge >= 0.3 is 0 Å². The molecule has 0 saturated heterocycles. The summed E-state index contributed by atoms with van der Waals surface area (Å²) >= 11 is 0. The van der Waals surface area contributed by atoms with Crippen LogP contribution in [0.3, 0.4) is 0 Å². The molecule has 0 fully saturated rings. The Balaban J connectivity index is 0.000000133. The summed E-state index contributed by atoms with van der Waals surface area (Å²) in [5, 5.41) is 0. The van der Waals surface area contributed by atoms with Crippen molar-refractivity contribution in [2.24, 2.45) is 0 Å². The van der Waals surface area contributed by atoms with Crippen LogP contribution in [-0.4, -0.2) is 19.3 Å². The highest BCUT2D eigenvalue weighted by molar-refractivity contribution is 5.62. The van der Waals surface area contributed by atoms with Gasteiger partial charge in [-0.25, -0.2) is 19.3 Å². The highest BCUT2D eigenvalue weighted by Gasteiger charge is 1.91. The van der Waals surface area contributed by atoms with E-state index >= 15 is 0 Å². The van der Waals surface area contributed by atoms with E-state index in [-0.39, 0.29) is 0 Å². The number of hydrogen-bond acceptors (Lipinski definition) is 2. The largest absolute Gasteiger partial charge is 0.243 e. The van der Waals surface area contributed by atoms with Crippen LogP contribution in [0.1, 0.15) is 0 Å². The lowest BCUT2D eigenvalue weighted by Crippen LogP contribution is -2.02. The van der Waals surface area contributed by atoms with E-state index in [0.717, 1.165) is 0 Å². The molecule has 0 amide bonds. The molecule has 0 N–H and O–H groups in total. The van der Waals surface area contributed by atoms with Crippen molar-refractivity contribution in [2.75, 3.05) is 0 Å². The average molecular weight is 288 g/mol. The van der Waals surface area contributed by atoms with Gasteiger partial charge in [0, 0.05) is 24.8 Å². The van der Waals surface area contributed by atoms with Gasteiger partial charge in [-0.3, -0.25) is 0 Å². The van der Waals surface area contributed by atoms with Gasteiger partial charge in [0.15, 0.2) is 0 Å². The second-order valence-corrected chi connectivity index (χ2v) is 4.62. The second kappa shape index (κ2) is 7.04. The highest BCUT2D eigenvalue weighted by Crippen LogP contribution is 2.17. The van der Waals surface area contributed by atoms with E-state index in [4.69, 9.17) is 0 Å². The van der Waals surface area contributed by atoms with E-state index in [9.17, 15) is 0 Å². The van der Waals surface area contributed by atoms with Crippen molar-refractivity contribution < 1.29 is 0 Å². The second-order valence-electron chi connectivity index (χ2n) is 4.62. The normalized spacial score (nSPS) is 9.82. The molecule has 108 valence electrons. The van der Waals surface area contributed by atoms with E-state index in [0.29, 0.717) is 0 Å². The van der Waals surface area contributed by atoms with Gasteiger partial charge in [-0.05, 0) is 11.1 Å². The monoisotopic (exact) mass is 288 g/mol. The minimum Gasteiger partial charge on any atom is -0.243 e. The third kappa shape index (κ3) is 3.49. The number of imidazole rings is 2. The summed E-state index contributed by atoms with van der Waals surface area (Å²) in [5.74, 6) is 0. The molecule has 0 saturated carbocycles. The van der Waals surface area contributed by atoms with Crippen LogP contribution in [0, 0.1) is 0 Å². The van der Waals surface area contributed by atoms with Gasteiger partial charge in [-0.1, -0.05) is 60.7 Å². The molecule has 0 atom stereocenters. The standard InChI is InChI=1S/C12H10.C6H6N4/c1-3-7-11(8-4-1)12-9-5-2-6-10-12;1-3-9(5-7-1)10-4-2-8-6-10/h1-10H;1-6H. The SMILES string of the molecule is c1ccc(-c2ccccc2)cc1.c1cn(-n2ccnc2)cn1. The number of hydrogen-bond donors (Lipinski definition) is 0. The van der Waals surface area contributed by atoms with Crippen LogP contribution < -0.4 is 0 Å². The van der Waals surface area contributed by atoms with Gasteiger partial charge in [-0.2, -0.15) is 0 Å². The zero-order valence-corrected chi connectivity index (χ0v) is 12.0. The molecular formula is C18H16N4. The maximum Gasteiger partial charge on any atom is 0.115 e. The summed E-state index contributed by atoms with van der Waals surface area (Å²) in [6.07, 6.45) is 10.6. The first-order valence-corrected chi connectivity index (χ1v) is 7.00. The summed E-state index contributed by atoms with van der Waals surface area (Å²) in [6, 6.07) is 20.8. The molecule has 4 aromatic rings. The minimum atomic E-state index is 1.28. The first kappa shape index (κ1) is 13.8. The Morgan fingerprint density at radius 2 is 0.955 bits per heavy atom. The molecule has 0 spiro atoms. The van der Waals surface area contributed by atoms with Gasteiger partial charge < -0.3 is 0 Å². The van der Waals surface area contributed by atoms with Crippen molar-refractivity contribution in [1.29, 1.82) is 0 Å². The molecule has 2 aromatic carbocycles. The third-order valence-corrected chi connectivity index (χ3v) is 3.13. The molecule has 0 aliphatic heterocycles. The van der Waals surface area contributed by atoms with Crippen molar-refractivity contribution in [1.82, 2.24) is 19.3 Å². The van der Waals surface area contributed by atoms with Crippen LogP contribution in [-0.2, 0) is 0 Å². The fourth-order valence-corrected chi connectivity index (χ4v) is 2.04. The van der Waals surface area contributed by atoms with Crippen molar-refractivity contribution in [3.63, 3.8) is 0 Å². The number of aromatic nitrogens is 4. The molecule has 0 aliphatic rings. The molecule has 4 nitrogen and oxygen atoms in total. The van der Waals surface area contributed by atoms with E-state index < -0.39 is 0 Å². The molecule has 22 heavy (non-hydrogen) atoms. The Hall–Kier alpha value is -3.14. The topological polar surface area (TPSA) is 35.6 Å². The maximum absolute atomic E-state index is 3.89. The smallest absolute Gasteiger partial charge is 0.115 e. The molecule has 2 aromatic heterocycles. The van der Waals surface area contributed by atoms with Gasteiger partial charge in [0.1, 0.15) is 12.7 Å². The predicted octanol–water partition coefficient (Wildman–Crippen LogP) is 3.74. The van der Waals surface area contributed by atoms with Crippen molar-refractivity contribution in [2.45, 2.75) is 0 Å². The Kier molecular flexibility index (Phi) is 4.42. The lowest BCUT2D eigenvalue weighted by molar-refractivity contribution is 0.657. The van der Waals surface area contributed by atoms with Gasteiger partial charge in [0.2, 0.25) is 0 Å². The molecule has 2 heterocycles. The quantitative estimate of drug-likeness (QED) is 0.563. The Labute approximate surface area is 129 Å². The van der Waals surface area contributed by atoms with Crippen LogP contribution in [0.4, 0.5) is 0 Å². The minimum absolute atomic E-state index is 1.28. The molecule has 4 rings (SSSR count). The fourth-order valence-electron chi connectivity index (χ4n) is 2.04. The van der Waals surface area contributed by atoms with Crippen LogP contribution in [0.15, 0.2) is 98.1 Å². The molecule has 0 bridgehead atoms. The van der Waals surface area contributed by atoms with E-state index in [1.165, 1.54) is 11.1 Å². The van der Waals surface area contributed by atoms with Gasteiger partial charge in [0.25, 0.3) is 0 Å². The van der Waals surface area contributed by atoms with Crippen LogP contribution in [0.5, 0.6) is 0 Å². The van der Waals surface area contributed by atoms with Crippen molar-refractivity contribution >= 4 is 0 Å². The predicted molar refractivity (Wildman–Crippen MR) is 87.1 cm³/mol. The maximum atomic E-state index is 3.89. The molecule has 0 unspecified atom stereocenters. The van der Waals surface area contributed by atoms with Gasteiger partial charge in [0.05, 0.1) is 0 Å². The van der Waals surface area contributed by atoms with Crippen molar-refractivity contribution in [3.05, 3.63) is 98.1 Å². The highest BCUT2D eigenvalue weighted by atomic mass is 15.5. The van der Waals surface area contributed by atoms with E-state index in [2.05, 4.69) is 58.5 Å². The van der Waals surface area contributed by atoms with Crippen LogP contribution in [0.25, 0.3) is 11.1 Å². The summed E-state index contributed by atoms with van der Waals surface area (Å²) in [6.45, 7) is 0. The lowest BCUT2D eigenvalue weighted by atomic mass is 10.1. The summed E-state index contributed by atoms with van der Waals surface area (Å²) in [5.41, 5.74) is 2.55. The fraction of sp³-hybridized carbons (Fsp3) is 0. The Morgan fingerprint density at radius 3 is 1.27 bits per heavy atom. The number of nitrogens with zero attached hydrogens (tertiary/aromatic N) is 4.